The Morgan fingerprint density at radius 3 is 2.05 bits per heavy atom. The average molecular weight is 536 g/mol. The highest BCUT2D eigenvalue weighted by Gasteiger charge is 2.29. The van der Waals surface area contributed by atoms with E-state index in [0.29, 0.717) is 37.6 Å². The summed E-state index contributed by atoms with van der Waals surface area (Å²) in [6.45, 7) is 5.72. The van der Waals surface area contributed by atoms with Gasteiger partial charge >= 0.3 is 12.2 Å². The Morgan fingerprint density at radius 1 is 0.821 bits per heavy atom. The molecule has 3 aromatic rings. The number of fused-ring (bicyclic) bond motifs is 2. The van der Waals surface area contributed by atoms with Crippen LogP contribution < -0.4 is 20.1 Å². The number of rotatable bonds is 11. The summed E-state index contributed by atoms with van der Waals surface area (Å²) < 4.78 is 24.6. The van der Waals surface area contributed by atoms with Gasteiger partial charge in [0.15, 0.2) is 11.5 Å². The number of hydrogen-bond acceptors (Lipinski definition) is 6. The topological polar surface area (TPSA) is 100 Å². The minimum atomic E-state index is -0.491. The Morgan fingerprint density at radius 2 is 1.44 bits per heavy atom. The summed E-state index contributed by atoms with van der Waals surface area (Å²) in [5.41, 5.74) is 6.84. The summed E-state index contributed by atoms with van der Waals surface area (Å²) in [5.74, 6) is 1.20. The van der Waals surface area contributed by atoms with Gasteiger partial charge in [0, 0.05) is 48.4 Å². The van der Waals surface area contributed by atoms with Crippen LogP contribution in [0.5, 0.6) is 11.5 Å². The molecule has 0 aliphatic carbocycles. The minimum absolute atomic E-state index is 0.0187. The number of amides is 2. The molecule has 0 fully saturated rings. The van der Waals surface area contributed by atoms with Crippen LogP contribution in [-0.4, -0.2) is 44.1 Å². The second-order valence-electron chi connectivity index (χ2n) is 9.36. The normalized spacial score (nSPS) is 11.7. The number of hydrogen-bond donors (Lipinski definition) is 2. The van der Waals surface area contributed by atoms with E-state index in [4.69, 9.17) is 18.9 Å². The van der Waals surface area contributed by atoms with Crippen LogP contribution in [0.2, 0.25) is 0 Å². The van der Waals surface area contributed by atoms with Crippen molar-refractivity contribution < 1.29 is 28.5 Å². The average Bonchev–Trinajstić information content (AvgIpc) is 3.26. The number of nitrogens with zero attached hydrogens (tertiary/aromatic N) is 1. The lowest BCUT2D eigenvalue weighted by Gasteiger charge is -2.23. The molecule has 9 heteroatoms. The molecule has 0 bridgehead atoms. The molecule has 1 aromatic heterocycles. The SMILES string of the molecule is CCCNC(=O)OCc1c(COC(=O)NCCC)c(-c2ccc(OC)c(OC)c2)n2c1Cc1ccccc1C2. The number of methoxy groups -OCH3 is 2. The van der Waals surface area contributed by atoms with Crippen LogP contribution in [0.15, 0.2) is 42.5 Å². The highest BCUT2D eigenvalue weighted by molar-refractivity contribution is 5.73. The van der Waals surface area contributed by atoms with Crippen molar-refractivity contribution >= 4 is 12.2 Å². The van der Waals surface area contributed by atoms with Gasteiger partial charge in [-0.05, 0) is 42.2 Å². The third kappa shape index (κ3) is 6.30. The van der Waals surface area contributed by atoms with Crippen molar-refractivity contribution in [1.82, 2.24) is 15.2 Å². The van der Waals surface area contributed by atoms with Crippen molar-refractivity contribution in [3.8, 4) is 22.8 Å². The molecule has 0 saturated carbocycles. The van der Waals surface area contributed by atoms with Crippen molar-refractivity contribution in [3.05, 3.63) is 70.4 Å². The van der Waals surface area contributed by atoms with Crippen molar-refractivity contribution in [2.24, 2.45) is 0 Å². The van der Waals surface area contributed by atoms with Crippen molar-refractivity contribution in [2.75, 3.05) is 27.3 Å². The summed E-state index contributed by atoms with van der Waals surface area (Å²) >= 11 is 0. The molecule has 0 saturated heterocycles. The Kier molecular flexibility index (Phi) is 9.35. The maximum Gasteiger partial charge on any atom is 0.407 e. The van der Waals surface area contributed by atoms with Crippen molar-refractivity contribution in [3.63, 3.8) is 0 Å². The maximum absolute atomic E-state index is 12.5. The van der Waals surface area contributed by atoms with Crippen molar-refractivity contribution in [2.45, 2.75) is 52.9 Å². The molecule has 2 N–H and O–H groups in total. The van der Waals surface area contributed by atoms with Gasteiger partial charge in [-0.25, -0.2) is 9.59 Å². The molecule has 1 aliphatic rings. The fourth-order valence-corrected chi connectivity index (χ4v) is 4.86. The van der Waals surface area contributed by atoms with Gasteiger partial charge in [0.1, 0.15) is 13.2 Å². The van der Waals surface area contributed by atoms with E-state index >= 15 is 0 Å². The Hall–Kier alpha value is -4.14. The predicted molar refractivity (Wildman–Crippen MR) is 148 cm³/mol. The fraction of sp³-hybridized carbons (Fsp3) is 0.400. The number of ether oxygens (including phenoxy) is 4. The molecule has 0 atom stereocenters. The van der Waals surface area contributed by atoms with Crippen LogP contribution in [0, 0.1) is 0 Å². The first-order valence-corrected chi connectivity index (χ1v) is 13.3. The van der Waals surface area contributed by atoms with Gasteiger partial charge in [-0.3, -0.25) is 0 Å². The van der Waals surface area contributed by atoms with Gasteiger partial charge in [0.05, 0.1) is 19.9 Å². The Balaban J connectivity index is 1.83. The van der Waals surface area contributed by atoms with Gasteiger partial charge < -0.3 is 34.1 Å². The predicted octanol–water partition coefficient (Wildman–Crippen LogP) is 5.40. The largest absolute Gasteiger partial charge is 0.493 e. The summed E-state index contributed by atoms with van der Waals surface area (Å²) in [7, 11) is 3.20. The lowest BCUT2D eigenvalue weighted by Crippen LogP contribution is -2.25. The number of carbonyl (C=O) groups excluding carboxylic acids is 2. The summed E-state index contributed by atoms with van der Waals surface area (Å²) in [6.07, 6.45) is 1.30. The second kappa shape index (κ2) is 13.1. The lowest BCUT2D eigenvalue weighted by molar-refractivity contribution is 0.132. The third-order valence-electron chi connectivity index (χ3n) is 6.79. The van der Waals surface area contributed by atoms with E-state index in [1.807, 2.05) is 44.2 Å². The minimum Gasteiger partial charge on any atom is -0.493 e. The number of aromatic nitrogens is 1. The van der Waals surface area contributed by atoms with E-state index in [2.05, 4.69) is 27.3 Å². The lowest BCUT2D eigenvalue weighted by atomic mass is 9.97. The molecule has 0 unspecified atom stereocenters. The first-order chi connectivity index (χ1) is 19.0. The Labute approximate surface area is 229 Å². The number of alkyl carbamates (subject to hydrolysis) is 2. The molecular weight excluding hydrogens is 498 g/mol. The molecule has 9 nitrogen and oxygen atoms in total. The standard InChI is InChI=1S/C30H37N3O6/c1-5-13-31-29(34)38-18-23-24(19-39-30(35)32-14-6-2)28(21-11-12-26(36-3)27(16-21)37-4)33-17-22-10-8-7-9-20(22)15-25(23)33/h7-12,16H,5-6,13-15,17-19H2,1-4H3,(H,31,34)(H,32,35). The molecule has 2 amide bonds. The maximum atomic E-state index is 12.5. The smallest absolute Gasteiger partial charge is 0.407 e. The van der Waals surface area contributed by atoms with E-state index in [1.54, 1.807) is 14.2 Å². The number of nitrogens with one attached hydrogen (secondary N) is 2. The number of carbonyl (C=O) groups is 2. The van der Waals surface area contributed by atoms with Crippen LogP contribution >= 0.6 is 0 Å². The molecule has 1 aliphatic heterocycles. The van der Waals surface area contributed by atoms with E-state index in [9.17, 15) is 9.59 Å². The van der Waals surface area contributed by atoms with E-state index in [0.717, 1.165) is 40.9 Å². The summed E-state index contributed by atoms with van der Waals surface area (Å²) in [6, 6.07) is 14.0. The van der Waals surface area contributed by atoms with Gasteiger partial charge in [-0.15, -0.1) is 0 Å². The van der Waals surface area contributed by atoms with E-state index < -0.39 is 12.2 Å². The van der Waals surface area contributed by atoms with Crippen LogP contribution in [0.25, 0.3) is 11.3 Å². The van der Waals surface area contributed by atoms with Crippen LogP contribution in [0.4, 0.5) is 9.59 Å². The molecular formula is C30H37N3O6. The molecule has 208 valence electrons. The molecule has 4 rings (SSSR count). The summed E-state index contributed by atoms with van der Waals surface area (Å²) in [4.78, 5) is 24.9. The second-order valence-corrected chi connectivity index (χ2v) is 9.36. The van der Waals surface area contributed by atoms with Gasteiger partial charge in [0.25, 0.3) is 0 Å². The summed E-state index contributed by atoms with van der Waals surface area (Å²) in [5, 5.41) is 5.53. The first-order valence-electron chi connectivity index (χ1n) is 13.3. The van der Waals surface area contributed by atoms with Gasteiger partial charge in [-0.1, -0.05) is 38.1 Å². The fourth-order valence-electron chi connectivity index (χ4n) is 4.86. The van der Waals surface area contributed by atoms with Crippen LogP contribution in [0.3, 0.4) is 0 Å². The number of benzene rings is 2. The van der Waals surface area contributed by atoms with Crippen LogP contribution in [-0.2, 0) is 35.7 Å². The first kappa shape index (κ1) is 27.9. The molecule has 2 heterocycles. The highest BCUT2D eigenvalue weighted by atomic mass is 16.6. The zero-order valence-corrected chi connectivity index (χ0v) is 23.1. The van der Waals surface area contributed by atoms with Gasteiger partial charge in [0.2, 0.25) is 0 Å². The molecule has 39 heavy (non-hydrogen) atoms. The molecule has 2 aromatic carbocycles. The monoisotopic (exact) mass is 535 g/mol. The highest BCUT2D eigenvalue weighted by Crippen LogP contribution is 2.40. The zero-order valence-electron chi connectivity index (χ0n) is 23.1. The van der Waals surface area contributed by atoms with Gasteiger partial charge in [-0.2, -0.15) is 0 Å². The van der Waals surface area contributed by atoms with E-state index in [-0.39, 0.29) is 13.2 Å². The zero-order chi connectivity index (χ0) is 27.8. The quantitative estimate of drug-likeness (QED) is 0.267. The Bertz CT molecular complexity index is 1320. The van der Waals surface area contributed by atoms with Crippen LogP contribution in [0.1, 0.15) is 54.6 Å². The molecule has 0 radical (unpaired) electrons. The van der Waals surface area contributed by atoms with Crippen molar-refractivity contribution in [1.29, 1.82) is 0 Å². The third-order valence-corrected chi connectivity index (χ3v) is 6.79. The van der Waals surface area contributed by atoms with E-state index in [1.165, 1.54) is 11.1 Å². The molecule has 0 spiro atoms.